The Morgan fingerprint density at radius 1 is 1.29 bits per heavy atom. The van der Waals surface area contributed by atoms with E-state index in [0.717, 1.165) is 18.4 Å². The summed E-state index contributed by atoms with van der Waals surface area (Å²) in [6.07, 6.45) is 5.07. The lowest BCUT2D eigenvalue weighted by atomic mass is 9.98. The van der Waals surface area contributed by atoms with Crippen molar-refractivity contribution in [3.05, 3.63) is 35.9 Å². The van der Waals surface area contributed by atoms with Gasteiger partial charge in [-0.25, -0.2) is 0 Å². The Labute approximate surface area is 133 Å². The molecule has 0 radical (unpaired) electrons. The Balaban J connectivity index is 2.55. The van der Waals surface area contributed by atoms with Gasteiger partial charge in [0, 0.05) is 6.04 Å². The number of unbranched alkanes of at least 4 members (excludes halogenated alkanes) is 2. The Hall–Kier alpha value is -1.42. The van der Waals surface area contributed by atoms with Crippen molar-refractivity contribution < 1.29 is 4.79 Å². The summed E-state index contributed by atoms with van der Waals surface area (Å²) in [4.78, 5) is 12.6. The molecule has 2 unspecified atom stereocenters. The van der Waals surface area contributed by atoms with Crippen LogP contribution >= 0.6 is 12.2 Å². The van der Waals surface area contributed by atoms with Gasteiger partial charge < -0.3 is 11.1 Å². The molecule has 0 fully saturated rings. The van der Waals surface area contributed by atoms with Crippen molar-refractivity contribution in [3.63, 3.8) is 0 Å². The molecule has 1 amide bonds. The Morgan fingerprint density at radius 3 is 2.52 bits per heavy atom. The first-order valence-corrected chi connectivity index (χ1v) is 8.09. The van der Waals surface area contributed by atoms with E-state index < -0.39 is 5.92 Å². The number of nitrogens with two attached hydrogens (primary N) is 1. The lowest BCUT2D eigenvalue weighted by molar-refractivity contribution is -0.123. The largest absolute Gasteiger partial charge is 0.393 e. The third kappa shape index (κ3) is 6.71. The lowest BCUT2D eigenvalue weighted by Gasteiger charge is -2.19. The van der Waals surface area contributed by atoms with Gasteiger partial charge in [-0.15, -0.1) is 0 Å². The molecular formula is C17H26N2OS. The van der Waals surface area contributed by atoms with Crippen molar-refractivity contribution >= 4 is 23.1 Å². The van der Waals surface area contributed by atoms with Gasteiger partial charge in [0.15, 0.2) is 0 Å². The molecule has 0 saturated heterocycles. The molecule has 1 aromatic carbocycles. The summed E-state index contributed by atoms with van der Waals surface area (Å²) >= 11 is 5.07. The molecule has 0 saturated carbocycles. The van der Waals surface area contributed by atoms with Gasteiger partial charge in [-0.05, 0) is 25.3 Å². The third-order valence-corrected chi connectivity index (χ3v) is 3.86. The van der Waals surface area contributed by atoms with E-state index in [0.29, 0.717) is 6.42 Å². The van der Waals surface area contributed by atoms with Crippen molar-refractivity contribution in [2.24, 2.45) is 11.7 Å². The number of carbonyl (C=O) groups excluding carboxylic acids is 1. The van der Waals surface area contributed by atoms with E-state index in [1.165, 1.54) is 12.8 Å². The first-order valence-electron chi connectivity index (χ1n) is 7.68. The molecule has 21 heavy (non-hydrogen) atoms. The number of thiocarbonyl (C=S) groups is 1. The molecule has 0 aliphatic rings. The van der Waals surface area contributed by atoms with Crippen LogP contribution in [0.4, 0.5) is 0 Å². The number of carbonyl (C=O) groups is 1. The highest BCUT2D eigenvalue weighted by molar-refractivity contribution is 7.80. The van der Waals surface area contributed by atoms with Crippen molar-refractivity contribution in [3.8, 4) is 0 Å². The quantitative estimate of drug-likeness (QED) is 0.544. The molecule has 0 aliphatic carbocycles. The molecular weight excluding hydrogens is 280 g/mol. The number of hydrogen-bond acceptors (Lipinski definition) is 2. The second-order valence-electron chi connectivity index (χ2n) is 5.55. The van der Waals surface area contributed by atoms with Crippen LogP contribution in [0.3, 0.4) is 0 Å². The van der Waals surface area contributed by atoms with Crippen LogP contribution in [0.2, 0.25) is 0 Å². The Morgan fingerprint density at radius 2 is 1.95 bits per heavy atom. The van der Waals surface area contributed by atoms with E-state index in [1.54, 1.807) is 0 Å². The molecule has 4 heteroatoms. The molecule has 0 aromatic heterocycles. The first kappa shape index (κ1) is 17.6. The van der Waals surface area contributed by atoms with Crippen LogP contribution in [-0.2, 0) is 11.2 Å². The predicted molar refractivity (Wildman–Crippen MR) is 92.2 cm³/mol. The second kappa shape index (κ2) is 9.50. The molecule has 3 nitrogen and oxygen atoms in total. The van der Waals surface area contributed by atoms with E-state index in [-0.39, 0.29) is 16.9 Å². The zero-order valence-corrected chi connectivity index (χ0v) is 13.8. The molecule has 2 atom stereocenters. The van der Waals surface area contributed by atoms with Crippen LogP contribution < -0.4 is 11.1 Å². The highest BCUT2D eigenvalue weighted by atomic mass is 32.1. The van der Waals surface area contributed by atoms with Crippen molar-refractivity contribution in [2.45, 2.75) is 52.0 Å². The SMILES string of the molecule is CCCCCC(C)NC(=O)C(Cc1ccccc1)C(N)=S. The van der Waals surface area contributed by atoms with Gasteiger partial charge in [-0.1, -0.05) is 68.7 Å². The molecule has 0 heterocycles. The van der Waals surface area contributed by atoms with Crippen molar-refractivity contribution in [1.29, 1.82) is 0 Å². The van der Waals surface area contributed by atoms with Crippen LogP contribution in [0.1, 0.15) is 45.1 Å². The number of rotatable bonds is 9. The monoisotopic (exact) mass is 306 g/mol. The maximum absolute atomic E-state index is 12.4. The minimum absolute atomic E-state index is 0.0599. The summed E-state index contributed by atoms with van der Waals surface area (Å²) < 4.78 is 0. The average molecular weight is 306 g/mol. The van der Waals surface area contributed by atoms with Gasteiger partial charge >= 0.3 is 0 Å². The second-order valence-corrected chi connectivity index (χ2v) is 6.02. The minimum Gasteiger partial charge on any atom is -0.393 e. The highest BCUT2D eigenvalue weighted by Crippen LogP contribution is 2.11. The topological polar surface area (TPSA) is 55.1 Å². The van der Waals surface area contributed by atoms with Crippen LogP contribution in [0, 0.1) is 5.92 Å². The number of nitrogens with one attached hydrogen (secondary N) is 1. The van der Waals surface area contributed by atoms with Crippen molar-refractivity contribution in [2.75, 3.05) is 0 Å². The van der Waals surface area contributed by atoms with Gasteiger partial charge in [0.2, 0.25) is 5.91 Å². The summed E-state index contributed by atoms with van der Waals surface area (Å²) in [5, 5.41) is 3.03. The lowest BCUT2D eigenvalue weighted by Crippen LogP contribution is -2.42. The predicted octanol–water partition coefficient (Wildman–Crippen LogP) is 3.22. The summed E-state index contributed by atoms with van der Waals surface area (Å²) in [6, 6.07) is 10.0. The zero-order chi connectivity index (χ0) is 15.7. The normalized spacial score (nSPS) is 13.4. The van der Waals surface area contributed by atoms with E-state index in [1.807, 2.05) is 37.3 Å². The van der Waals surface area contributed by atoms with Crippen LogP contribution in [0.15, 0.2) is 30.3 Å². The maximum Gasteiger partial charge on any atom is 0.230 e. The maximum atomic E-state index is 12.4. The van der Waals surface area contributed by atoms with Gasteiger partial charge in [0.05, 0.1) is 10.9 Å². The smallest absolute Gasteiger partial charge is 0.230 e. The molecule has 3 N–H and O–H groups in total. The van der Waals surface area contributed by atoms with E-state index in [4.69, 9.17) is 18.0 Å². The van der Waals surface area contributed by atoms with Crippen LogP contribution in [0.5, 0.6) is 0 Å². The van der Waals surface area contributed by atoms with Crippen LogP contribution in [-0.4, -0.2) is 16.9 Å². The standard InChI is InChI=1S/C17H26N2OS/c1-3-4-6-9-13(2)19-17(20)15(16(18)21)12-14-10-7-5-8-11-14/h5,7-8,10-11,13,15H,3-4,6,9,12H2,1-2H3,(H2,18,21)(H,19,20). The molecule has 1 rings (SSSR count). The molecule has 0 spiro atoms. The number of hydrogen-bond donors (Lipinski definition) is 2. The summed E-state index contributed by atoms with van der Waals surface area (Å²) in [5.74, 6) is -0.494. The van der Waals surface area contributed by atoms with Gasteiger partial charge in [-0.3, -0.25) is 4.79 Å². The van der Waals surface area contributed by atoms with Gasteiger partial charge in [-0.2, -0.15) is 0 Å². The van der Waals surface area contributed by atoms with E-state index in [9.17, 15) is 4.79 Å². The first-order chi connectivity index (χ1) is 10.0. The fourth-order valence-corrected chi connectivity index (χ4v) is 2.48. The minimum atomic E-state index is -0.434. The number of benzene rings is 1. The molecule has 0 bridgehead atoms. The zero-order valence-electron chi connectivity index (χ0n) is 13.0. The summed E-state index contributed by atoms with van der Waals surface area (Å²) in [6.45, 7) is 4.21. The third-order valence-electron chi connectivity index (χ3n) is 3.57. The van der Waals surface area contributed by atoms with E-state index >= 15 is 0 Å². The van der Waals surface area contributed by atoms with Gasteiger partial charge in [0.25, 0.3) is 0 Å². The number of amides is 1. The Bertz CT molecular complexity index is 447. The Kier molecular flexibility index (Phi) is 7.98. The molecule has 1 aromatic rings. The summed E-state index contributed by atoms with van der Waals surface area (Å²) in [5.41, 5.74) is 6.83. The average Bonchev–Trinajstić information content (AvgIpc) is 2.45. The molecule has 0 aliphatic heterocycles. The van der Waals surface area contributed by atoms with Crippen molar-refractivity contribution in [1.82, 2.24) is 5.32 Å². The van der Waals surface area contributed by atoms with Crippen LogP contribution in [0.25, 0.3) is 0 Å². The van der Waals surface area contributed by atoms with Gasteiger partial charge in [0.1, 0.15) is 0 Å². The van der Waals surface area contributed by atoms with E-state index in [2.05, 4.69) is 12.2 Å². The highest BCUT2D eigenvalue weighted by Gasteiger charge is 2.22. The molecule has 116 valence electrons. The fraction of sp³-hybridized carbons (Fsp3) is 0.529. The summed E-state index contributed by atoms with van der Waals surface area (Å²) in [7, 11) is 0. The fourth-order valence-electron chi connectivity index (χ4n) is 2.29.